The van der Waals surface area contributed by atoms with Gasteiger partial charge < -0.3 is 10.2 Å². The maximum atomic E-state index is 14.2. The van der Waals surface area contributed by atoms with Crippen LogP contribution in [0.4, 0.5) is 15.8 Å². The SMILES string of the molecule is O=C1C(N(C(=O)CNC2CCC2)c2cccc(F)c2)c2ccccc2N1C1CCCCC1. The third-order valence-electron chi connectivity index (χ3n) is 7.16. The minimum atomic E-state index is -0.773. The first-order chi connectivity index (χ1) is 15.6. The van der Waals surface area contributed by atoms with Gasteiger partial charge in [-0.1, -0.05) is 49.9 Å². The molecule has 5 rings (SSSR count). The Hall–Kier alpha value is -2.73. The molecule has 168 valence electrons. The third-order valence-corrected chi connectivity index (χ3v) is 7.16. The number of carbonyl (C=O) groups excluding carboxylic acids is 2. The predicted molar refractivity (Wildman–Crippen MR) is 123 cm³/mol. The summed E-state index contributed by atoms with van der Waals surface area (Å²) >= 11 is 0. The monoisotopic (exact) mass is 435 g/mol. The fraction of sp³-hybridized carbons (Fsp3) is 0.462. The van der Waals surface area contributed by atoms with E-state index in [0.29, 0.717) is 11.7 Å². The third kappa shape index (κ3) is 3.92. The Morgan fingerprint density at radius 1 is 1.00 bits per heavy atom. The van der Waals surface area contributed by atoms with E-state index in [1.54, 1.807) is 12.1 Å². The molecule has 2 aromatic rings. The second-order valence-electron chi connectivity index (χ2n) is 9.21. The van der Waals surface area contributed by atoms with Crippen LogP contribution in [0.15, 0.2) is 48.5 Å². The molecule has 2 amide bonds. The lowest BCUT2D eigenvalue weighted by Gasteiger charge is -2.34. The molecule has 1 N–H and O–H groups in total. The molecule has 0 radical (unpaired) electrons. The number of benzene rings is 2. The number of amides is 2. The second-order valence-corrected chi connectivity index (χ2v) is 9.21. The molecule has 1 aliphatic heterocycles. The van der Waals surface area contributed by atoms with Crippen LogP contribution in [0, 0.1) is 5.82 Å². The largest absolute Gasteiger partial charge is 0.307 e. The minimum Gasteiger partial charge on any atom is -0.307 e. The van der Waals surface area contributed by atoms with Crippen LogP contribution in [0.5, 0.6) is 0 Å². The van der Waals surface area contributed by atoms with Gasteiger partial charge in [-0.2, -0.15) is 0 Å². The number of nitrogens with zero attached hydrogens (tertiary/aromatic N) is 2. The first-order valence-corrected chi connectivity index (χ1v) is 11.9. The topological polar surface area (TPSA) is 52.7 Å². The van der Waals surface area contributed by atoms with E-state index in [1.165, 1.54) is 29.9 Å². The van der Waals surface area contributed by atoms with Crippen molar-refractivity contribution in [1.29, 1.82) is 0 Å². The van der Waals surface area contributed by atoms with Gasteiger partial charge in [0.05, 0.1) is 6.54 Å². The molecule has 2 fully saturated rings. The normalized spacial score (nSPS) is 21.3. The quantitative estimate of drug-likeness (QED) is 0.714. The molecule has 2 aliphatic carbocycles. The zero-order chi connectivity index (χ0) is 22.1. The number of rotatable bonds is 6. The summed E-state index contributed by atoms with van der Waals surface area (Å²) in [6, 6.07) is 13.5. The molecule has 1 unspecified atom stereocenters. The highest BCUT2D eigenvalue weighted by Gasteiger charge is 2.45. The van der Waals surface area contributed by atoms with Crippen LogP contribution in [0.3, 0.4) is 0 Å². The summed E-state index contributed by atoms with van der Waals surface area (Å²) in [5, 5.41) is 3.31. The maximum Gasteiger partial charge on any atom is 0.255 e. The van der Waals surface area contributed by atoms with Gasteiger partial charge in [-0.05, 0) is 49.9 Å². The van der Waals surface area contributed by atoms with Crippen LogP contribution in [-0.4, -0.2) is 30.4 Å². The number of hydrogen-bond acceptors (Lipinski definition) is 3. The van der Waals surface area contributed by atoms with Crippen molar-refractivity contribution < 1.29 is 14.0 Å². The minimum absolute atomic E-state index is 0.0839. The van der Waals surface area contributed by atoms with Crippen molar-refractivity contribution in [1.82, 2.24) is 5.32 Å². The van der Waals surface area contributed by atoms with E-state index in [0.717, 1.165) is 49.8 Å². The highest BCUT2D eigenvalue weighted by atomic mass is 19.1. The molecule has 3 aliphatic rings. The van der Waals surface area contributed by atoms with Crippen molar-refractivity contribution in [2.45, 2.75) is 69.5 Å². The molecule has 0 aromatic heterocycles. The van der Waals surface area contributed by atoms with Gasteiger partial charge in [0.2, 0.25) is 5.91 Å². The number of hydrogen-bond donors (Lipinski definition) is 1. The molecule has 5 nitrogen and oxygen atoms in total. The highest BCUT2D eigenvalue weighted by Crippen LogP contribution is 2.44. The zero-order valence-electron chi connectivity index (χ0n) is 18.3. The fourth-order valence-corrected chi connectivity index (χ4v) is 5.28. The zero-order valence-corrected chi connectivity index (χ0v) is 18.3. The molecule has 2 aromatic carbocycles. The number of anilines is 2. The lowest BCUT2D eigenvalue weighted by molar-refractivity contribution is -0.124. The predicted octanol–water partition coefficient (Wildman–Crippen LogP) is 4.72. The summed E-state index contributed by atoms with van der Waals surface area (Å²) in [6.07, 6.45) is 8.67. The van der Waals surface area contributed by atoms with E-state index < -0.39 is 11.9 Å². The van der Waals surface area contributed by atoms with Crippen molar-refractivity contribution in [3.63, 3.8) is 0 Å². The summed E-state index contributed by atoms with van der Waals surface area (Å²) in [6.45, 7) is 0.135. The van der Waals surface area contributed by atoms with E-state index in [9.17, 15) is 14.0 Å². The van der Waals surface area contributed by atoms with E-state index in [4.69, 9.17) is 0 Å². The Morgan fingerprint density at radius 2 is 1.78 bits per heavy atom. The van der Waals surface area contributed by atoms with Crippen LogP contribution < -0.4 is 15.1 Å². The molecule has 6 heteroatoms. The van der Waals surface area contributed by atoms with Gasteiger partial charge in [0.15, 0.2) is 0 Å². The second kappa shape index (κ2) is 9.02. The van der Waals surface area contributed by atoms with E-state index in [2.05, 4.69) is 5.32 Å². The van der Waals surface area contributed by atoms with Gasteiger partial charge in [0.25, 0.3) is 5.91 Å². The van der Waals surface area contributed by atoms with Gasteiger partial charge in [-0.15, -0.1) is 0 Å². The van der Waals surface area contributed by atoms with E-state index >= 15 is 0 Å². The standard InChI is InChI=1S/C26H30FN3O2/c27-18-8-6-13-21(16-18)30(24(31)17-28-19-9-7-10-19)25-22-14-4-5-15-23(22)29(26(25)32)20-11-2-1-3-12-20/h4-6,8,13-16,19-20,25,28H,1-3,7,9-12,17H2. The Bertz CT molecular complexity index is 1000. The van der Waals surface area contributed by atoms with Gasteiger partial charge >= 0.3 is 0 Å². The molecule has 0 saturated heterocycles. The van der Waals surface area contributed by atoms with Crippen LogP contribution in [0.2, 0.25) is 0 Å². The number of halogens is 1. The van der Waals surface area contributed by atoms with Crippen molar-refractivity contribution in [2.75, 3.05) is 16.3 Å². The van der Waals surface area contributed by atoms with Crippen molar-refractivity contribution in [3.8, 4) is 0 Å². The summed E-state index contributed by atoms with van der Waals surface area (Å²) in [5.41, 5.74) is 2.13. The van der Waals surface area contributed by atoms with Crippen LogP contribution in [-0.2, 0) is 9.59 Å². The molecular formula is C26H30FN3O2. The Labute approximate surface area is 188 Å². The number of carbonyl (C=O) groups is 2. The van der Waals surface area contributed by atoms with Crippen molar-refractivity contribution in [2.24, 2.45) is 0 Å². The highest BCUT2D eigenvalue weighted by molar-refractivity contribution is 6.12. The van der Waals surface area contributed by atoms with Crippen molar-refractivity contribution >= 4 is 23.2 Å². The first kappa shape index (κ1) is 21.1. The average molecular weight is 436 g/mol. The van der Waals surface area contributed by atoms with Gasteiger partial charge in [-0.3, -0.25) is 14.5 Å². The van der Waals surface area contributed by atoms with Crippen LogP contribution >= 0.6 is 0 Å². The van der Waals surface area contributed by atoms with E-state index in [1.807, 2.05) is 29.2 Å². The molecule has 2 saturated carbocycles. The van der Waals surface area contributed by atoms with Crippen molar-refractivity contribution in [3.05, 3.63) is 59.9 Å². The van der Waals surface area contributed by atoms with Gasteiger partial charge in [0.1, 0.15) is 11.9 Å². The lowest BCUT2D eigenvalue weighted by Crippen LogP contribution is -2.49. The molecule has 0 spiro atoms. The summed E-state index contributed by atoms with van der Waals surface area (Å²) in [5.74, 6) is -0.712. The Morgan fingerprint density at radius 3 is 2.50 bits per heavy atom. The summed E-state index contributed by atoms with van der Waals surface area (Å²) in [4.78, 5) is 30.8. The van der Waals surface area contributed by atoms with Gasteiger partial charge in [-0.25, -0.2) is 4.39 Å². The fourth-order valence-electron chi connectivity index (χ4n) is 5.28. The molecule has 32 heavy (non-hydrogen) atoms. The maximum absolute atomic E-state index is 14.2. The molecule has 1 heterocycles. The lowest BCUT2D eigenvalue weighted by atomic mass is 9.93. The molecule has 0 bridgehead atoms. The smallest absolute Gasteiger partial charge is 0.255 e. The van der Waals surface area contributed by atoms with Crippen LogP contribution in [0.1, 0.15) is 63.0 Å². The number of fused-ring (bicyclic) bond motifs is 1. The number of para-hydroxylation sites is 1. The Kier molecular flexibility index (Phi) is 5.96. The van der Waals surface area contributed by atoms with Gasteiger partial charge in [0, 0.05) is 29.0 Å². The molecule has 1 atom stereocenters. The first-order valence-electron chi connectivity index (χ1n) is 11.9. The average Bonchev–Trinajstić information content (AvgIpc) is 3.06. The Balaban J connectivity index is 1.52. The van der Waals surface area contributed by atoms with Crippen LogP contribution in [0.25, 0.3) is 0 Å². The van der Waals surface area contributed by atoms with E-state index in [-0.39, 0.29) is 24.4 Å². The number of nitrogens with one attached hydrogen (secondary N) is 1. The summed E-state index contributed by atoms with van der Waals surface area (Å²) < 4.78 is 14.2. The summed E-state index contributed by atoms with van der Waals surface area (Å²) in [7, 11) is 0. The molecular weight excluding hydrogens is 405 g/mol.